The largest absolute Gasteiger partial charge is 0.469 e. The highest BCUT2D eigenvalue weighted by Gasteiger charge is 2.53. The van der Waals surface area contributed by atoms with Crippen LogP contribution in [0.2, 0.25) is 0 Å². The molecule has 3 rings (SSSR count). The summed E-state index contributed by atoms with van der Waals surface area (Å²) in [7, 11) is 1.32. The maximum Gasteiger partial charge on any atom is 0.305 e. The molecule has 0 bridgehead atoms. The molecule has 0 aromatic carbocycles. The lowest BCUT2D eigenvalue weighted by Crippen LogP contribution is -2.69. The minimum atomic E-state index is -1.69. The first-order valence-corrected chi connectivity index (χ1v) is 15.3. The molecule has 0 aromatic rings. The van der Waals surface area contributed by atoms with Crippen molar-refractivity contribution in [3.63, 3.8) is 0 Å². The van der Waals surface area contributed by atoms with E-state index in [9.17, 15) is 39.6 Å². The normalized spacial score (nSPS) is 41.2. The fourth-order valence-electron chi connectivity index (χ4n) is 5.82. The number of hydrogen-bond donors (Lipinski definition) is 7. The van der Waals surface area contributed by atoms with Gasteiger partial charge in [0.25, 0.3) is 0 Å². The van der Waals surface area contributed by atoms with E-state index >= 15 is 0 Å². The van der Waals surface area contributed by atoms with Crippen LogP contribution in [0.4, 0.5) is 0 Å². The van der Waals surface area contributed by atoms with E-state index in [-0.39, 0.29) is 19.0 Å². The fourth-order valence-corrected chi connectivity index (χ4v) is 5.82. The Morgan fingerprint density at radius 2 is 1.17 bits per heavy atom. The molecule has 0 saturated carbocycles. The van der Waals surface area contributed by atoms with Crippen LogP contribution in [0.25, 0.3) is 0 Å². The van der Waals surface area contributed by atoms with Gasteiger partial charge in [0.05, 0.1) is 43.5 Å². The number of ether oxygens (including phenoxy) is 7. The monoisotopic (exact) mass is 665 g/mol. The van der Waals surface area contributed by atoms with Crippen molar-refractivity contribution in [1.29, 1.82) is 0 Å². The Bertz CT molecular complexity index is 980. The highest BCUT2D eigenvalue weighted by atomic mass is 16.8. The van der Waals surface area contributed by atoms with Crippen LogP contribution in [0.3, 0.4) is 0 Å². The molecule has 264 valence electrons. The minimum Gasteiger partial charge on any atom is -0.469 e. The van der Waals surface area contributed by atoms with Crippen molar-refractivity contribution in [3.8, 4) is 0 Å². The van der Waals surface area contributed by atoms with E-state index in [1.54, 1.807) is 13.8 Å². The summed E-state index contributed by atoms with van der Waals surface area (Å²) in [5.41, 5.74) is 0. The summed E-state index contributed by atoms with van der Waals surface area (Å²) in [5, 5.41) is 51.4. The van der Waals surface area contributed by atoms with Crippen LogP contribution in [0.15, 0.2) is 0 Å². The number of amides is 3. The van der Waals surface area contributed by atoms with Crippen molar-refractivity contribution in [2.24, 2.45) is 0 Å². The van der Waals surface area contributed by atoms with E-state index in [0.717, 1.165) is 0 Å². The average Bonchev–Trinajstić information content (AvgIpc) is 3.02. The summed E-state index contributed by atoms with van der Waals surface area (Å²) in [6.45, 7) is 4.89. The van der Waals surface area contributed by atoms with Crippen LogP contribution in [0.5, 0.6) is 0 Å². The second kappa shape index (κ2) is 18.1. The Kier molecular flexibility index (Phi) is 15.0. The van der Waals surface area contributed by atoms with Crippen LogP contribution < -0.4 is 16.0 Å². The van der Waals surface area contributed by atoms with Crippen molar-refractivity contribution in [2.45, 2.75) is 138 Å². The van der Waals surface area contributed by atoms with Crippen molar-refractivity contribution in [2.75, 3.05) is 13.7 Å². The van der Waals surface area contributed by atoms with E-state index in [1.165, 1.54) is 14.0 Å². The first-order chi connectivity index (χ1) is 22.0. The topological polar surface area (TPSA) is 250 Å². The first kappa shape index (κ1) is 37.9. The molecule has 46 heavy (non-hydrogen) atoms. The molecule has 0 aromatic heterocycles. The Morgan fingerprint density at radius 1 is 0.652 bits per heavy atom. The van der Waals surface area contributed by atoms with Crippen LogP contribution in [0, 0.1) is 0 Å². The SMILES string of the molecule is COC(=O)CCCCCO[C@H]1OC(C)[C@@H](NC=O)C(O[C@H]2OC(C)[C@@H](NC=O)C(O)[C@H]2O[C@H]2OC(C)[C@@H](NC=O)C(O)[C@H]2O)[C@H]1O. The second-order valence-electron chi connectivity index (χ2n) is 11.5. The summed E-state index contributed by atoms with van der Waals surface area (Å²) >= 11 is 0. The number of carbonyl (C=O) groups is 4. The third-order valence-corrected chi connectivity index (χ3v) is 8.40. The van der Waals surface area contributed by atoms with Gasteiger partial charge < -0.3 is 69.5 Å². The van der Waals surface area contributed by atoms with Gasteiger partial charge in [-0.15, -0.1) is 0 Å². The number of hydrogen-bond acceptors (Lipinski definition) is 15. The predicted octanol–water partition coefficient (Wildman–Crippen LogP) is -3.47. The van der Waals surface area contributed by atoms with Gasteiger partial charge in [0, 0.05) is 13.0 Å². The minimum absolute atomic E-state index is 0.173. The number of nitrogens with one attached hydrogen (secondary N) is 3. The van der Waals surface area contributed by atoms with Gasteiger partial charge in [0.1, 0.15) is 36.6 Å². The summed E-state index contributed by atoms with van der Waals surface area (Å²) in [5.74, 6) is -0.316. The van der Waals surface area contributed by atoms with E-state index in [2.05, 4.69) is 20.7 Å². The van der Waals surface area contributed by atoms with E-state index in [4.69, 9.17) is 28.4 Å². The molecule has 0 radical (unpaired) electrons. The molecule has 3 aliphatic heterocycles. The Balaban J connectivity index is 1.79. The zero-order chi connectivity index (χ0) is 34.0. The van der Waals surface area contributed by atoms with E-state index in [0.29, 0.717) is 38.5 Å². The van der Waals surface area contributed by atoms with E-state index in [1.807, 2.05) is 0 Å². The number of rotatable bonds is 17. The van der Waals surface area contributed by atoms with Crippen LogP contribution >= 0.6 is 0 Å². The van der Waals surface area contributed by atoms with E-state index < -0.39 is 91.9 Å². The highest BCUT2D eigenvalue weighted by Crippen LogP contribution is 2.33. The van der Waals surface area contributed by atoms with Crippen molar-refractivity contribution in [3.05, 3.63) is 0 Å². The number of unbranched alkanes of at least 4 members (excludes halogenated alkanes) is 2. The Hall–Kier alpha value is -2.52. The molecule has 0 spiro atoms. The number of carbonyl (C=O) groups excluding carboxylic acids is 4. The molecule has 3 aliphatic rings. The fraction of sp³-hybridized carbons (Fsp3) is 0.857. The summed E-state index contributed by atoms with van der Waals surface area (Å²) in [6, 6.07) is -2.90. The van der Waals surface area contributed by atoms with Crippen molar-refractivity contribution < 1.29 is 72.8 Å². The second-order valence-corrected chi connectivity index (χ2v) is 11.5. The Morgan fingerprint density at radius 3 is 1.78 bits per heavy atom. The zero-order valence-corrected chi connectivity index (χ0v) is 26.2. The van der Waals surface area contributed by atoms with Gasteiger partial charge in [-0.25, -0.2) is 0 Å². The third kappa shape index (κ3) is 9.30. The molecular weight excluding hydrogens is 618 g/mol. The molecule has 15 atom stereocenters. The third-order valence-electron chi connectivity index (χ3n) is 8.40. The van der Waals surface area contributed by atoms with Crippen LogP contribution in [-0.4, -0.2) is 151 Å². The predicted molar refractivity (Wildman–Crippen MR) is 152 cm³/mol. The molecule has 3 heterocycles. The molecule has 0 aliphatic carbocycles. The van der Waals surface area contributed by atoms with Gasteiger partial charge in [0.15, 0.2) is 18.9 Å². The van der Waals surface area contributed by atoms with Gasteiger partial charge >= 0.3 is 5.97 Å². The number of esters is 1. The molecule has 6 unspecified atom stereocenters. The maximum atomic E-state index is 11.5. The molecule has 3 fully saturated rings. The lowest BCUT2D eigenvalue weighted by Gasteiger charge is -2.49. The summed E-state index contributed by atoms with van der Waals surface area (Å²) in [6.07, 6.45) is -12.4. The van der Waals surface area contributed by atoms with Crippen molar-refractivity contribution >= 4 is 25.2 Å². The summed E-state index contributed by atoms with van der Waals surface area (Å²) in [4.78, 5) is 45.1. The smallest absolute Gasteiger partial charge is 0.305 e. The van der Waals surface area contributed by atoms with Crippen LogP contribution in [0.1, 0.15) is 46.5 Å². The molecule has 3 amide bonds. The molecule has 18 heteroatoms. The Labute approximate surface area is 266 Å². The average molecular weight is 666 g/mol. The number of methoxy groups -OCH3 is 1. The van der Waals surface area contributed by atoms with Gasteiger partial charge in [-0.1, -0.05) is 6.42 Å². The zero-order valence-electron chi connectivity index (χ0n) is 26.2. The lowest BCUT2D eigenvalue weighted by atomic mass is 9.94. The van der Waals surface area contributed by atoms with Gasteiger partial charge in [-0.05, 0) is 33.6 Å². The lowest BCUT2D eigenvalue weighted by molar-refractivity contribution is -0.366. The highest BCUT2D eigenvalue weighted by molar-refractivity contribution is 5.68. The number of aliphatic hydroxyl groups is 4. The standard InChI is InChI=1S/C28H47N3O15/c1-13-17(29-10-32)20(36)22(38)27(43-13)46-25-21(37)18(30-11-33)14(2)44-28(25)45-24-19(31-12-34)15(3)42-26(23(24)39)41-9-7-5-6-8-16(35)40-4/h10-15,17-28,36-39H,5-9H2,1-4H3,(H,29,32)(H,30,33)(H,31,34)/t13?,14?,15?,17-,18-,19-,20?,21?,22-,23-,24?,25-,26+,27-,28-/m1/s1. The molecule has 3 saturated heterocycles. The molecule has 18 nitrogen and oxygen atoms in total. The summed E-state index contributed by atoms with van der Waals surface area (Å²) < 4.78 is 40.1. The first-order valence-electron chi connectivity index (χ1n) is 15.3. The van der Waals surface area contributed by atoms with Crippen LogP contribution in [-0.2, 0) is 52.3 Å². The molecule has 7 N–H and O–H groups in total. The van der Waals surface area contributed by atoms with Gasteiger partial charge in [-0.2, -0.15) is 0 Å². The molecular formula is C28H47N3O15. The van der Waals surface area contributed by atoms with Gasteiger partial charge in [0.2, 0.25) is 19.2 Å². The maximum absolute atomic E-state index is 11.5. The quantitative estimate of drug-likeness (QED) is 0.0453. The number of aliphatic hydroxyl groups excluding tert-OH is 4. The van der Waals surface area contributed by atoms with Crippen molar-refractivity contribution in [1.82, 2.24) is 16.0 Å². The van der Waals surface area contributed by atoms with Gasteiger partial charge in [-0.3, -0.25) is 19.2 Å².